The normalized spacial score (nSPS) is 28.2. The van der Waals surface area contributed by atoms with Crippen molar-refractivity contribution in [3.05, 3.63) is 0 Å². The highest BCUT2D eigenvalue weighted by Gasteiger charge is 2.45. The van der Waals surface area contributed by atoms with Crippen LogP contribution in [0.2, 0.25) is 0 Å². The third kappa shape index (κ3) is 3.04. The van der Waals surface area contributed by atoms with Gasteiger partial charge in [-0.05, 0) is 6.42 Å². The van der Waals surface area contributed by atoms with Gasteiger partial charge in [0.1, 0.15) is 6.04 Å². The summed E-state index contributed by atoms with van der Waals surface area (Å²) < 4.78 is 35.8. The van der Waals surface area contributed by atoms with E-state index in [2.05, 4.69) is 5.32 Å². The molecule has 1 heterocycles. The van der Waals surface area contributed by atoms with Gasteiger partial charge in [-0.2, -0.15) is 13.2 Å². The molecule has 0 aromatic rings. The molecular weight excluding hydrogens is 211 g/mol. The number of hydrogen-bond acceptors (Lipinski definition) is 2. The lowest BCUT2D eigenvalue weighted by atomic mass is 10.1. The number of rotatable bonds is 1. The van der Waals surface area contributed by atoms with Crippen LogP contribution in [-0.4, -0.2) is 29.8 Å². The average Bonchev–Trinajstić information content (AvgIpc) is 2.30. The van der Waals surface area contributed by atoms with Crippen molar-refractivity contribution in [2.45, 2.75) is 18.6 Å². The van der Waals surface area contributed by atoms with E-state index in [1.165, 1.54) is 0 Å². The molecule has 0 aliphatic carbocycles. The molecule has 0 aromatic heterocycles. The Morgan fingerprint density at radius 3 is 2.23 bits per heavy atom. The Bertz CT molecular complexity index is 197. The first-order chi connectivity index (χ1) is 5.41. The second kappa shape index (κ2) is 4.15. The van der Waals surface area contributed by atoms with Gasteiger partial charge in [0, 0.05) is 6.54 Å². The number of nitrogens with one attached hydrogen (secondary N) is 1. The van der Waals surface area contributed by atoms with Crippen molar-refractivity contribution < 1.29 is 23.1 Å². The van der Waals surface area contributed by atoms with E-state index in [0.29, 0.717) is 0 Å². The van der Waals surface area contributed by atoms with E-state index in [1.54, 1.807) is 0 Å². The average molecular weight is 220 g/mol. The number of halogens is 4. The Labute approximate surface area is 78.7 Å². The predicted molar refractivity (Wildman–Crippen MR) is 40.8 cm³/mol. The number of carboxylic acid groups (broad SMARTS) is 1. The van der Waals surface area contributed by atoms with Gasteiger partial charge in [-0.15, -0.1) is 12.4 Å². The van der Waals surface area contributed by atoms with Gasteiger partial charge in [-0.1, -0.05) is 0 Å². The van der Waals surface area contributed by atoms with Gasteiger partial charge in [0.25, 0.3) is 0 Å². The van der Waals surface area contributed by atoms with E-state index in [9.17, 15) is 18.0 Å². The lowest BCUT2D eigenvalue weighted by Gasteiger charge is -2.13. The summed E-state index contributed by atoms with van der Waals surface area (Å²) in [7, 11) is 0. The van der Waals surface area contributed by atoms with Crippen LogP contribution in [0.5, 0.6) is 0 Å². The summed E-state index contributed by atoms with van der Waals surface area (Å²) in [5.41, 5.74) is 0. The molecule has 1 saturated heterocycles. The minimum atomic E-state index is -4.33. The van der Waals surface area contributed by atoms with Crippen LogP contribution < -0.4 is 5.32 Å². The van der Waals surface area contributed by atoms with Crippen LogP contribution in [0.3, 0.4) is 0 Å². The number of hydrogen-bond donors (Lipinski definition) is 2. The van der Waals surface area contributed by atoms with Gasteiger partial charge in [-0.3, -0.25) is 4.79 Å². The molecular formula is C6H9ClF3NO2. The van der Waals surface area contributed by atoms with E-state index in [4.69, 9.17) is 5.11 Å². The molecule has 1 aliphatic rings. The zero-order valence-corrected chi connectivity index (χ0v) is 7.28. The van der Waals surface area contributed by atoms with Crippen LogP contribution >= 0.6 is 12.4 Å². The SMILES string of the molecule is Cl.O=C(O)[C@@H]1CN[C@H](C(F)(F)F)C1. The maximum atomic E-state index is 11.9. The maximum Gasteiger partial charge on any atom is 0.403 e. The van der Waals surface area contributed by atoms with Crippen LogP contribution in [0.4, 0.5) is 13.2 Å². The molecule has 78 valence electrons. The fourth-order valence-corrected chi connectivity index (χ4v) is 1.17. The van der Waals surface area contributed by atoms with Gasteiger partial charge in [-0.25, -0.2) is 0 Å². The lowest BCUT2D eigenvalue weighted by Crippen LogP contribution is -2.36. The Morgan fingerprint density at radius 1 is 1.46 bits per heavy atom. The Kier molecular flexibility index (Phi) is 3.99. The van der Waals surface area contributed by atoms with E-state index >= 15 is 0 Å². The van der Waals surface area contributed by atoms with E-state index < -0.39 is 24.1 Å². The van der Waals surface area contributed by atoms with Crippen molar-refractivity contribution in [3.8, 4) is 0 Å². The zero-order valence-electron chi connectivity index (χ0n) is 6.47. The number of alkyl halides is 3. The van der Waals surface area contributed by atoms with Crippen molar-refractivity contribution in [1.82, 2.24) is 5.32 Å². The molecule has 2 N–H and O–H groups in total. The van der Waals surface area contributed by atoms with Crippen LogP contribution in [-0.2, 0) is 4.79 Å². The highest BCUT2D eigenvalue weighted by molar-refractivity contribution is 5.85. The third-order valence-electron chi connectivity index (χ3n) is 1.88. The number of carboxylic acids is 1. The number of aliphatic carboxylic acids is 1. The monoisotopic (exact) mass is 219 g/mol. The standard InChI is InChI=1S/C6H8F3NO2.ClH/c7-6(8,9)4-1-3(2-10-4)5(11)12;/h3-4,10H,1-2H2,(H,11,12);1H/t3-,4-;/m0./s1. The van der Waals surface area contributed by atoms with E-state index in [0.717, 1.165) is 0 Å². The van der Waals surface area contributed by atoms with Crippen LogP contribution in [0.1, 0.15) is 6.42 Å². The second-order valence-electron chi connectivity index (χ2n) is 2.77. The minimum absolute atomic E-state index is 0. The minimum Gasteiger partial charge on any atom is -0.481 e. The van der Waals surface area contributed by atoms with Gasteiger partial charge >= 0.3 is 12.1 Å². The highest BCUT2D eigenvalue weighted by Crippen LogP contribution is 2.28. The summed E-state index contributed by atoms with van der Waals surface area (Å²) in [5, 5.41) is 10.5. The van der Waals surface area contributed by atoms with Gasteiger partial charge in [0.2, 0.25) is 0 Å². The highest BCUT2D eigenvalue weighted by atomic mass is 35.5. The summed E-state index contributed by atoms with van der Waals surface area (Å²) in [6.45, 7) is -0.0977. The molecule has 1 rings (SSSR count). The molecule has 0 amide bonds. The van der Waals surface area contributed by atoms with Gasteiger partial charge in [0.05, 0.1) is 5.92 Å². The summed E-state index contributed by atoms with van der Waals surface area (Å²) in [4.78, 5) is 10.3. The van der Waals surface area contributed by atoms with Crippen LogP contribution in [0, 0.1) is 5.92 Å². The topological polar surface area (TPSA) is 49.3 Å². The Balaban J connectivity index is 0.00000144. The van der Waals surface area contributed by atoms with Crippen molar-refractivity contribution in [2.24, 2.45) is 5.92 Å². The molecule has 7 heteroatoms. The summed E-state index contributed by atoms with van der Waals surface area (Å²) in [5.74, 6) is -2.08. The quantitative estimate of drug-likeness (QED) is 0.693. The first-order valence-corrected chi connectivity index (χ1v) is 3.44. The molecule has 0 aromatic carbocycles. The predicted octanol–water partition coefficient (Wildman–Crippen LogP) is 1.03. The first-order valence-electron chi connectivity index (χ1n) is 3.44. The van der Waals surface area contributed by atoms with Crippen molar-refractivity contribution in [2.75, 3.05) is 6.54 Å². The van der Waals surface area contributed by atoms with Crippen molar-refractivity contribution in [1.29, 1.82) is 0 Å². The van der Waals surface area contributed by atoms with E-state index in [1.807, 2.05) is 0 Å². The first kappa shape index (κ1) is 12.5. The molecule has 2 atom stereocenters. The summed E-state index contributed by atoms with van der Waals surface area (Å²) in [6.07, 6.45) is -4.69. The summed E-state index contributed by atoms with van der Waals surface area (Å²) >= 11 is 0. The van der Waals surface area contributed by atoms with Crippen molar-refractivity contribution in [3.63, 3.8) is 0 Å². The molecule has 0 unspecified atom stereocenters. The summed E-state index contributed by atoms with van der Waals surface area (Å²) in [6, 6.07) is -1.65. The smallest absolute Gasteiger partial charge is 0.403 e. The van der Waals surface area contributed by atoms with Gasteiger partial charge < -0.3 is 10.4 Å². The van der Waals surface area contributed by atoms with E-state index in [-0.39, 0.29) is 25.4 Å². The molecule has 1 fully saturated rings. The zero-order chi connectivity index (χ0) is 9.35. The molecule has 13 heavy (non-hydrogen) atoms. The molecule has 0 spiro atoms. The number of carbonyl (C=O) groups is 1. The fourth-order valence-electron chi connectivity index (χ4n) is 1.17. The molecule has 0 bridgehead atoms. The third-order valence-corrected chi connectivity index (χ3v) is 1.88. The molecule has 0 saturated carbocycles. The Hall–Kier alpha value is -0.490. The largest absolute Gasteiger partial charge is 0.481 e. The van der Waals surface area contributed by atoms with Crippen LogP contribution in [0.15, 0.2) is 0 Å². The Morgan fingerprint density at radius 2 is 2.00 bits per heavy atom. The molecule has 1 aliphatic heterocycles. The van der Waals surface area contributed by atoms with Gasteiger partial charge in [0.15, 0.2) is 0 Å². The fraction of sp³-hybridized carbons (Fsp3) is 0.833. The van der Waals surface area contributed by atoms with Crippen molar-refractivity contribution >= 4 is 18.4 Å². The molecule has 3 nitrogen and oxygen atoms in total. The lowest BCUT2D eigenvalue weighted by molar-refractivity contribution is -0.154. The second-order valence-corrected chi connectivity index (χ2v) is 2.77. The molecule has 0 radical (unpaired) electrons. The van der Waals surface area contributed by atoms with Crippen LogP contribution in [0.25, 0.3) is 0 Å². The maximum absolute atomic E-state index is 11.9.